The van der Waals surface area contributed by atoms with Gasteiger partial charge in [0.1, 0.15) is 0 Å². The number of ether oxygens (including phenoxy) is 1. The Labute approximate surface area is 136 Å². The van der Waals surface area contributed by atoms with Gasteiger partial charge in [0.25, 0.3) is 0 Å². The van der Waals surface area contributed by atoms with Crippen LogP contribution in [-0.4, -0.2) is 42.6 Å². The van der Waals surface area contributed by atoms with E-state index >= 15 is 0 Å². The Morgan fingerprint density at radius 1 is 1.30 bits per heavy atom. The van der Waals surface area contributed by atoms with Crippen LogP contribution in [-0.2, 0) is 9.53 Å². The van der Waals surface area contributed by atoms with E-state index < -0.39 is 42.6 Å². The van der Waals surface area contributed by atoms with Crippen molar-refractivity contribution in [3.8, 4) is 0 Å². The molecule has 0 spiro atoms. The monoisotopic (exact) mass is 397 g/mol. The summed E-state index contributed by atoms with van der Waals surface area (Å²) < 4.78 is 40.9. The van der Waals surface area contributed by atoms with Crippen LogP contribution in [0.4, 0.5) is 13.2 Å². The third kappa shape index (κ3) is 4.03. The van der Waals surface area contributed by atoms with E-state index in [4.69, 9.17) is 0 Å². The Hall–Kier alpha value is -1.60. The molecule has 1 aromatic rings. The molecule has 0 N–H and O–H groups in total. The second kappa shape index (κ2) is 6.88. The molecule has 0 heterocycles. The Bertz CT molecular complexity index is 581. The van der Waals surface area contributed by atoms with Gasteiger partial charge in [0, 0.05) is 0 Å². The van der Waals surface area contributed by atoms with E-state index in [1.54, 1.807) is 30.3 Å². The molecule has 1 aliphatic carbocycles. The Morgan fingerprint density at radius 2 is 1.96 bits per heavy atom. The number of carbonyl (C=O) groups is 1. The van der Waals surface area contributed by atoms with Crippen LogP contribution in [0, 0.1) is 10.1 Å². The Morgan fingerprint density at radius 3 is 2.52 bits per heavy atom. The molecular weight excluding hydrogens is 382 g/mol. The van der Waals surface area contributed by atoms with E-state index in [2.05, 4.69) is 4.74 Å². The molecule has 1 fully saturated rings. The van der Waals surface area contributed by atoms with Gasteiger partial charge in [-0.15, -0.1) is 0 Å². The zero-order valence-corrected chi connectivity index (χ0v) is 13.6. The average molecular weight is 396 g/mol. The molecule has 0 aromatic heterocycles. The SMILES string of the molecule is O=C(OC1CCCCC1([Se]c1ccccc1)[N+](=O)[O-])C(F)(F)F. The number of alkyl halides is 3. The number of hydrogen-bond acceptors (Lipinski definition) is 4. The zero-order chi connectivity index (χ0) is 17.1. The van der Waals surface area contributed by atoms with Crippen molar-refractivity contribution < 1.29 is 27.6 Å². The van der Waals surface area contributed by atoms with Crippen LogP contribution in [0.5, 0.6) is 0 Å². The van der Waals surface area contributed by atoms with Crippen molar-refractivity contribution in [2.45, 2.75) is 42.4 Å². The van der Waals surface area contributed by atoms with E-state index in [9.17, 15) is 28.1 Å². The number of carbonyl (C=O) groups excluding carboxylic acids is 1. The summed E-state index contributed by atoms with van der Waals surface area (Å²) in [5.74, 6) is -2.36. The first-order valence-corrected chi connectivity index (χ1v) is 8.63. The molecule has 2 rings (SSSR count). The molecule has 0 saturated heterocycles. The molecule has 9 heteroatoms. The summed E-state index contributed by atoms with van der Waals surface area (Å²) in [6, 6.07) is 8.57. The predicted molar refractivity (Wildman–Crippen MR) is 76.0 cm³/mol. The van der Waals surface area contributed by atoms with Crippen LogP contribution >= 0.6 is 0 Å². The van der Waals surface area contributed by atoms with E-state index in [1.165, 1.54) is 0 Å². The van der Waals surface area contributed by atoms with Gasteiger partial charge in [-0.1, -0.05) is 0 Å². The summed E-state index contributed by atoms with van der Waals surface area (Å²) in [5, 5.41) is 11.7. The van der Waals surface area contributed by atoms with E-state index in [1.807, 2.05) is 0 Å². The second-order valence-electron chi connectivity index (χ2n) is 5.15. The van der Waals surface area contributed by atoms with Gasteiger partial charge in [0.05, 0.1) is 0 Å². The normalized spacial score (nSPS) is 24.9. The van der Waals surface area contributed by atoms with Crippen molar-refractivity contribution in [1.82, 2.24) is 0 Å². The van der Waals surface area contributed by atoms with E-state index in [-0.39, 0.29) is 12.8 Å². The number of hydrogen-bond donors (Lipinski definition) is 0. The van der Waals surface area contributed by atoms with Crippen molar-refractivity contribution in [2.24, 2.45) is 0 Å². The fraction of sp³-hybridized carbons (Fsp3) is 0.500. The molecule has 1 aromatic carbocycles. The molecule has 126 valence electrons. The van der Waals surface area contributed by atoms with E-state index in [0.29, 0.717) is 17.3 Å². The maximum atomic E-state index is 12.4. The average Bonchev–Trinajstić information content (AvgIpc) is 2.49. The van der Waals surface area contributed by atoms with Gasteiger partial charge in [-0.25, -0.2) is 0 Å². The summed E-state index contributed by atoms with van der Waals surface area (Å²) >= 11 is -0.755. The topological polar surface area (TPSA) is 69.4 Å². The van der Waals surface area contributed by atoms with Crippen molar-refractivity contribution >= 4 is 25.4 Å². The van der Waals surface area contributed by atoms with Crippen LogP contribution in [0.2, 0.25) is 0 Å². The third-order valence-electron chi connectivity index (χ3n) is 3.58. The standard InChI is InChI=1S/C14H14F3NO4Se/c15-14(16,17)12(19)22-11-8-4-5-9-13(11,18(20)21)23-10-6-2-1-3-7-10/h1-3,6-7,11H,4-5,8-9H2. The summed E-state index contributed by atoms with van der Waals surface area (Å²) in [5.41, 5.74) is 0. The van der Waals surface area contributed by atoms with Gasteiger partial charge in [0.15, 0.2) is 0 Å². The number of nitro groups is 1. The molecule has 2 atom stereocenters. The molecule has 1 aliphatic rings. The molecule has 0 radical (unpaired) electrons. The van der Waals surface area contributed by atoms with Gasteiger partial charge in [-0.05, 0) is 0 Å². The zero-order valence-electron chi connectivity index (χ0n) is 11.9. The summed E-state index contributed by atoms with van der Waals surface area (Å²) in [6.45, 7) is 0. The molecule has 23 heavy (non-hydrogen) atoms. The number of nitrogens with zero attached hydrogens (tertiary/aromatic N) is 1. The van der Waals surface area contributed by atoms with Crippen LogP contribution < -0.4 is 4.46 Å². The summed E-state index contributed by atoms with van der Waals surface area (Å²) in [4.78, 5) is 22.2. The number of benzene rings is 1. The minimum absolute atomic E-state index is 0.0668. The quantitative estimate of drug-likeness (QED) is 0.338. The summed E-state index contributed by atoms with van der Waals surface area (Å²) in [6.07, 6.45) is -5.33. The van der Waals surface area contributed by atoms with Crippen molar-refractivity contribution in [3.05, 3.63) is 40.4 Å². The van der Waals surface area contributed by atoms with Crippen LogP contribution in [0.1, 0.15) is 25.7 Å². The van der Waals surface area contributed by atoms with Gasteiger partial charge in [-0.2, -0.15) is 0 Å². The van der Waals surface area contributed by atoms with Gasteiger partial charge in [-0.3, -0.25) is 0 Å². The first-order valence-electron chi connectivity index (χ1n) is 6.92. The first-order chi connectivity index (χ1) is 10.8. The summed E-state index contributed by atoms with van der Waals surface area (Å²) in [7, 11) is 0. The number of esters is 1. The van der Waals surface area contributed by atoms with Crippen LogP contribution in [0.15, 0.2) is 30.3 Å². The molecule has 0 amide bonds. The fourth-order valence-electron chi connectivity index (χ4n) is 2.50. The molecule has 0 bridgehead atoms. The second-order valence-corrected chi connectivity index (χ2v) is 8.06. The Kier molecular flexibility index (Phi) is 5.31. The van der Waals surface area contributed by atoms with E-state index in [0.717, 1.165) is 0 Å². The molecule has 0 aliphatic heterocycles. The fourth-order valence-corrected chi connectivity index (χ4v) is 5.27. The molecular formula is C14H14F3NO4Se. The number of halogens is 3. The predicted octanol–water partition coefficient (Wildman–Crippen LogP) is 2.04. The van der Waals surface area contributed by atoms with Gasteiger partial charge < -0.3 is 0 Å². The van der Waals surface area contributed by atoms with Crippen LogP contribution in [0.25, 0.3) is 0 Å². The van der Waals surface area contributed by atoms with Gasteiger partial charge in [0.2, 0.25) is 0 Å². The van der Waals surface area contributed by atoms with Gasteiger partial charge >= 0.3 is 136 Å². The first kappa shape index (κ1) is 17.7. The maximum absolute atomic E-state index is 12.4. The van der Waals surface area contributed by atoms with Crippen molar-refractivity contribution in [2.75, 3.05) is 0 Å². The van der Waals surface area contributed by atoms with Crippen LogP contribution in [0.3, 0.4) is 0 Å². The molecule has 2 unspecified atom stereocenters. The Balaban J connectivity index is 2.29. The number of rotatable bonds is 4. The third-order valence-corrected chi connectivity index (χ3v) is 6.68. The molecule has 5 nitrogen and oxygen atoms in total. The molecule has 1 saturated carbocycles. The minimum atomic E-state index is -5.15. The van der Waals surface area contributed by atoms with Crippen molar-refractivity contribution in [3.63, 3.8) is 0 Å². The van der Waals surface area contributed by atoms with Crippen molar-refractivity contribution in [1.29, 1.82) is 0 Å².